The van der Waals surface area contributed by atoms with E-state index in [1.54, 1.807) is 56.3 Å². The molecule has 2 aromatic rings. The standard InChI is InChI=1S/C31H37FO10/c1-19(33)14-15-23(32)27(40-30(36)20-10-7-6-8-11-20)28-24(41-31(2,3)42-28)13-9-12-21-16-22(38-5)17-25(39-18-37-4)26(21)29(34)35/h6-12,15-17,19,24,27-28,33H,13-14,18H2,1-5H3,(H,34,35)/b12-9+,23-15+/t19-,24+,27?,28+/m1/s1. The fraction of sp³-hybridized carbons (Fsp3) is 0.419. The molecule has 4 atom stereocenters. The van der Waals surface area contributed by atoms with Gasteiger partial charge in [-0.05, 0) is 63.5 Å². The number of methoxy groups -OCH3 is 2. The van der Waals surface area contributed by atoms with Crippen molar-refractivity contribution in [1.82, 2.24) is 0 Å². The van der Waals surface area contributed by atoms with E-state index in [4.69, 9.17) is 28.4 Å². The van der Waals surface area contributed by atoms with E-state index in [9.17, 15) is 19.8 Å². The number of ether oxygens (including phenoxy) is 6. The molecule has 0 saturated carbocycles. The van der Waals surface area contributed by atoms with Crippen LogP contribution in [0.15, 0.2) is 60.4 Å². The highest BCUT2D eigenvalue weighted by Gasteiger charge is 2.47. The van der Waals surface area contributed by atoms with Gasteiger partial charge in [-0.1, -0.05) is 30.4 Å². The summed E-state index contributed by atoms with van der Waals surface area (Å²) in [6.07, 6.45) is 0.352. The third kappa shape index (κ3) is 8.86. The van der Waals surface area contributed by atoms with Gasteiger partial charge in [-0.3, -0.25) is 0 Å². The monoisotopic (exact) mass is 588 g/mol. The maximum absolute atomic E-state index is 15.6. The number of carboxylic acid groups (broad SMARTS) is 1. The van der Waals surface area contributed by atoms with Crippen molar-refractivity contribution in [2.24, 2.45) is 0 Å². The van der Waals surface area contributed by atoms with Crippen LogP contribution in [0.2, 0.25) is 0 Å². The second-order valence-electron chi connectivity index (χ2n) is 10.1. The highest BCUT2D eigenvalue weighted by atomic mass is 19.1. The summed E-state index contributed by atoms with van der Waals surface area (Å²) in [4.78, 5) is 25.0. The molecule has 0 aliphatic carbocycles. The molecule has 42 heavy (non-hydrogen) atoms. The predicted octanol–water partition coefficient (Wildman–Crippen LogP) is 5.15. The molecule has 1 aliphatic rings. The van der Waals surface area contributed by atoms with Crippen molar-refractivity contribution < 1.29 is 52.6 Å². The number of aliphatic hydroxyl groups excluding tert-OH is 1. The van der Waals surface area contributed by atoms with Crippen LogP contribution in [0.1, 0.15) is 59.9 Å². The molecule has 2 N–H and O–H groups in total. The molecule has 10 nitrogen and oxygen atoms in total. The van der Waals surface area contributed by atoms with Crippen LogP contribution in [0.4, 0.5) is 4.39 Å². The minimum atomic E-state index is -1.47. The molecule has 1 fully saturated rings. The summed E-state index contributed by atoms with van der Waals surface area (Å²) in [5, 5.41) is 19.6. The summed E-state index contributed by atoms with van der Waals surface area (Å²) < 4.78 is 48.9. The molecule has 0 radical (unpaired) electrons. The molecule has 0 spiro atoms. The lowest BCUT2D eigenvalue weighted by molar-refractivity contribution is -0.154. The van der Waals surface area contributed by atoms with E-state index >= 15 is 4.39 Å². The van der Waals surface area contributed by atoms with E-state index < -0.39 is 48.0 Å². The van der Waals surface area contributed by atoms with Gasteiger partial charge >= 0.3 is 11.9 Å². The zero-order valence-corrected chi connectivity index (χ0v) is 24.2. The van der Waals surface area contributed by atoms with Gasteiger partial charge in [0.05, 0.1) is 24.9 Å². The quantitative estimate of drug-likeness (QED) is 0.226. The summed E-state index contributed by atoms with van der Waals surface area (Å²) in [5.74, 6) is -3.49. The van der Waals surface area contributed by atoms with Gasteiger partial charge in [-0.2, -0.15) is 0 Å². The van der Waals surface area contributed by atoms with Crippen molar-refractivity contribution in [1.29, 1.82) is 0 Å². The van der Waals surface area contributed by atoms with Gasteiger partial charge in [-0.25, -0.2) is 14.0 Å². The van der Waals surface area contributed by atoms with E-state index in [1.165, 1.54) is 33.3 Å². The second-order valence-corrected chi connectivity index (χ2v) is 10.1. The number of rotatable bonds is 14. The first-order chi connectivity index (χ1) is 20.0. The second kappa shape index (κ2) is 14.9. The van der Waals surface area contributed by atoms with Gasteiger partial charge in [0.2, 0.25) is 0 Å². The summed E-state index contributed by atoms with van der Waals surface area (Å²) >= 11 is 0. The van der Waals surface area contributed by atoms with Gasteiger partial charge in [0.1, 0.15) is 29.0 Å². The average Bonchev–Trinajstić information content (AvgIpc) is 3.26. The molecule has 228 valence electrons. The lowest BCUT2D eigenvalue weighted by Gasteiger charge is -2.25. The summed E-state index contributed by atoms with van der Waals surface area (Å²) in [7, 11) is 2.85. The van der Waals surface area contributed by atoms with E-state index in [-0.39, 0.29) is 42.1 Å². The van der Waals surface area contributed by atoms with Gasteiger partial charge in [-0.15, -0.1) is 0 Å². The van der Waals surface area contributed by atoms with Crippen molar-refractivity contribution in [3.05, 3.63) is 77.1 Å². The number of hydrogen-bond acceptors (Lipinski definition) is 9. The number of carbonyl (C=O) groups excluding carboxylic acids is 1. The normalized spacial score (nSPS) is 19.8. The Labute approximate surface area is 244 Å². The lowest BCUT2D eigenvalue weighted by atomic mass is 10.0. The molecular weight excluding hydrogens is 551 g/mol. The molecule has 0 bridgehead atoms. The highest BCUT2D eigenvalue weighted by Crippen LogP contribution is 2.36. The first-order valence-corrected chi connectivity index (χ1v) is 13.3. The van der Waals surface area contributed by atoms with Crippen LogP contribution in [-0.4, -0.2) is 73.4 Å². The van der Waals surface area contributed by atoms with Crippen LogP contribution < -0.4 is 9.47 Å². The molecular formula is C31H37FO10. The predicted molar refractivity (Wildman–Crippen MR) is 151 cm³/mol. The van der Waals surface area contributed by atoms with Gasteiger partial charge in [0.25, 0.3) is 0 Å². The Kier molecular flexibility index (Phi) is 11.6. The summed E-state index contributed by atoms with van der Waals surface area (Å²) in [6, 6.07) is 11.1. The van der Waals surface area contributed by atoms with Crippen LogP contribution in [0, 0.1) is 0 Å². The number of hydrogen-bond donors (Lipinski definition) is 2. The number of esters is 1. The molecule has 1 unspecified atom stereocenters. The molecule has 1 heterocycles. The highest BCUT2D eigenvalue weighted by molar-refractivity contribution is 5.95. The fourth-order valence-corrected chi connectivity index (χ4v) is 4.39. The van der Waals surface area contributed by atoms with Crippen molar-refractivity contribution >= 4 is 18.0 Å². The number of halogens is 1. The Balaban J connectivity index is 1.93. The number of benzene rings is 2. The van der Waals surface area contributed by atoms with E-state index in [0.717, 1.165) is 6.08 Å². The third-order valence-electron chi connectivity index (χ3n) is 6.24. The Hall–Kier alpha value is -3.77. The van der Waals surface area contributed by atoms with Crippen LogP contribution in [-0.2, 0) is 18.9 Å². The van der Waals surface area contributed by atoms with Crippen molar-refractivity contribution in [2.75, 3.05) is 21.0 Å². The third-order valence-corrected chi connectivity index (χ3v) is 6.24. The Morgan fingerprint density at radius 1 is 1.14 bits per heavy atom. The van der Waals surface area contributed by atoms with E-state index in [2.05, 4.69) is 0 Å². The Bertz CT molecular complexity index is 1270. The van der Waals surface area contributed by atoms with Gasteiger partial charge in [0, 0.05) is 13.2 Å². The summed E-state index contributed by atoms with van der Waals surface area (Å²) in [5.41, 5.74) is 0.412. The number of carboxylic acids is 1. The number of aromatic carboxylic acids is 1. The summed E-state index contributed by atoms with van der Waals surface area (Å²) in [6.45, 7) is 4.65. The van der Waals surface area contributed by atoms with Crippen LogP contribution in [0.25, 0.3) is 6.08 Å². The molecule has 11 heteroatoms. The number of aliphatic hydroxyl groups is 1. The molecule has 0 amide bonds. The molecule has 2 aromatic carbocycles. The van der Waals surface area contributed by atoms with Crippen LogP contribution >= 0.6 is 0 Å². The van der Waals surface area contributed by atoms with Crippen molar-refractivity contribution in [3.8, 4) is 11.5 Å². The van der Waals surface area contributed by atoms with Gasteiger partial charge in [0.15, 0.2) is 18.7 Å². The van der Waals surface area contributed by atoms with Crippen LogP contribution in [0.5, 0.6) is 11.5 Å². The zero-order valence-electron chi connectivity index (χ0n) is 24.2. The van der Waals surface area contributed by atoms with Crippen molar-refractivity contribution in [3.63, 3.8) is 0 Å². The lowest BCUT2D eigenvalue weighted by Crippen LogP contribution is -2.39. The van der Waals surface area contributed by atoms with E-state index in [1.807, 2.05) is 0 Å². The fourth-order valence-electron chi connectivity index (χ4n) is 4.39. The first-order valence-electron chi connectivity index (χ1n) is 13.3. The maximum Gasteiger partial charge on any atom is 0.340 e. The van der Waals surface area contributed by atoms with Crippen LogP contribution in [0.3, 0.4) is 0 Å². The molecule has 0 aromatic heterocycles. The Morgan fingerprint density at radius 2 is 1.86 bits per heavy atom. The topological polar surface area (TPSA) is 130 Å². The maximum atomic E-state index is 15.6. The van der Waals surface area contributed by atoms with Gasteiger partial charge < -0.3 is 38.6 Å². The molecule has 1 aliphatic heterocycles. The smallest absolute Gasteiger partial charge is 0.340 e. The van der Waals surface area contributed by atoms with Crippen molar-refractivity contribution in [2.45, 2.75) is 63.8 Å². The minimum absolute atomic E-state index is 0.00591. The number of carbonyl (C=O) groups is 2. The zero-order chi connectivity index (χ0) is 30.9. The SMILES string of the molecule is COCOc1cc(OC)cc(/C=C/C[C@@H]2OC(C)(C)O[C@@H]2C(OC(=O)c2ccccc2)/C(F)=C\C[C@@H](C)O)c1C(=O)O. The Morgan fingerprint density at radius 3 is 2.48 bits per heavy atom. The minimum Gasteiger partial charge on any atom is -0.497 e. The molecule has 1 saturated heterocycles. The average molecular weight is 589 g/mol. The first kappa shape index (κ1) is 32.7. The van der Waals surface area contributed by atoms with E-state index in [0.29, 0.717) is 5.75 Å². The molecule has 3 rings (SSSR count). The largest absolute Gasteiger partial charge is 0.497 e.